The van der Waals surface area contributed by atoms with Gasteiger partial charge in [-0.1, -0.05) is 52.0 Å². The number of hydrogen-bond acceptors (Lipinski definition) is 3. The zero-order valence-corrected chi connectivity index (χ0v) is 17.3. The summed E-state index contributed by atoms with van der Waals surface area (Å²) in [5.41, 5.74) is 3.72. The van der Waals surface area contributed by atoms with Crippen molar-refractivity contribution in [1.29, 1.82) is 0 Å². The van der Waals surface area contributed by atoms with Crippen LogP contribution in [-0.4, -0.2) is 24.9 Å². The van der Waals surface area contributed by atoms with Crippen LogP contribution >= 0.6 is 0 Å². The summed E-state index contributed by atoms with van der Waals surface area (Å²) in [5, 5.41) is 8.94. The third kappa shape index (κ3) is 6.82. The van der Waals surface area contributed by atoms with Gasteiger partial charge in [-0.15, -0.1) is 0 Å². The largest absolute Gasteiger partial charge is 0.352 e. The summed E-state index contributed by atoms with van der Waals surface area (Å²) < 4.78 is 0. The molecule has 28 heavy (non-hydrogen) atoms. The highest BCUT2D eigenvalue weighted by Gasteiger charge is 2.14. The van der Waals surface area contributed by atoms with Gasteiger partial charge in [0.05, 0.1) is 0 Å². The van der Waals surface area contributed by atoms with E-state index in [0.717, 1.165) is 24.3 Å². The summed E-state index contributed by atoms with van der Waals surface area (Å²) in [6.45, 7) is 10.4. The SMILES string of the molecule is CCNCc1cccc(NC(=O)CCNC(=O)c2ccc(C(C)(C)C)cc2)c1. The Bertz CT molecular complexity index is 792. The van der Waals surface area contributed by atoms with Crippen molar-refractivity contribution < 1.29 is 9.59 Å². The zero-order valence-electron chi connectivity index (χ0n) is 17.3. The Kier molecular flexibility index (Phi) is 7.76. The highest BCUT2D eigenvalue weighted by atomic mass is 16.2. The van der Waals surface area contributed by atoms with Gasteiger partial charge in [-0.25, -0.2) is 0 Å². The maximum absolute atomic E-state index is 12.2. The van der Waals surface area contributed by atoms with Crippen LogP contribution in [0.1, 0.15) is 55.6 Å². The predicted molar refractivity (Wildman–Crippen MR) is 115 cm³/mol. The van der Waals surface area contributed by atoms with E-state index in [-0.39, 0.29) is 23.7 Å². The van der Waals surface area contributed by atoms with Crippen molar-refractivity contribution in [1.82, 2.24) is 10.6 Å². The molecular weight excluding hydrogens is 350 g/mol. The second-order valence-electron chi connectivity index (χ2n) is 7.86. The molecule has 0 atom stereocenters. The summed E-state index contributed by atoms with van der Waals surface area (Å²) in [5.74, 6) is -0.287. The van der Waals surface area contributed by atoms with Crippen LogP contribution in [-0.2, 0) is 16.8 Å². The number of carbonyl (C=O) groups excluding carboxylic acids is 2. The molecule has 0 fully saturated rings. The molecule has 0 spiro atoms. The number of amides is 2. The van der Waals surface area contributed by atoms with E-state index in [9.17, 15) is 9.59 Å². The smallest absolute Gasteiger partial charge is 0.251 e. The zero-order chi connectivity index (χ0) is 20.6. The molecule has 0 saturated heterocycles. The minimum Gasteiger partial charge on any atom is -0.352 e. The average Bonchev–Trinajstić information content (AvgIpc) is 2.66. The molecule has 2 aromatic carbocycles. The van der Waals surface area contributed by atoms with Crippen LogP contribution in [0.3, 0.4) is 0 Å². The Hall–Kier alpha value is -2.66. The topological polar surface area (TPSA) is 70.2 Å². The van der Waals surface area contributed by atoms with Gasteiger partial charge in [0.25, 0.3) is 5.91 Å². The Morgan fingerprint density at radius 2 is 1.71 bits per heavy atom. The summed E-state index contributed by atoms with van der Waals surface area (Å²) in [6, 6.07) is 15.4. The van der Waals surface area contributed by atoms with Crippen molar-refractivity contribution in [2.45, 2.75) is 46.1 Å². The molecule has 0 aliphatic carbocycles. The molecule has 5 heteroatoms. The first-order chi connectivity index (χ1) is 13.3. The van der Waals surface area contributed by atoms with Gasteiger partial charge in [0.2, 0.25) is 5.91 Å². The molecule has 0 heterocycles. The minimum absolute atomic E-state index is 0.0526. The van der Waals surface area contributed by atoms with Gasteiger partial charge in [-0.05, 0) is 47.4 Å². The van der Waals surface area contributed by atoms with Crippen LogP contribution in [0, 0.1) is 0 Å². The summed E-state index contributed by atoms with van der Waals surface area (Å²) >= 11 is 0. The molecule has 2 aromatic rings. The van der Waals surface area contributed by atoms with Crippen LogP contribution in [0.5, 0.6) is 0 Å². The van der Waals surface area contributed by atoms with Crippen LogP contribution in [0.25, 0.3) is 0 Å². The van der Waals surface area contributed by atoms with Gasteiger partial charge in [0.15, 0.2) is 0 Å². The lowest BCUT2D eigenvalue weighted by Gasteiger charge is -2.19. The normalized spacial score (nSPS) is 11.1. The molecule has 0 aliphatic heterocycles. The van der Waals surface area contributed by atoms with Gasteiger partial charge < -0.3 is 16.0 Å². The van der Waals surface area contributed by atoms with Gasteiger partial charge in [0.1, 0.15) is 0 Å². The average molecular weight is 382 g/mol. The molecule has 0 bridgehead atoms. The fourth-order valence-electron chi connectivity index (χ4n) is 2.77. The first-order valence-corrected chi connectivity index (χ1v) is 9.78. The predicted octanol–water partition coefficient (Wildman–Crippen LogP) is 3.85. The van der Waals surface area contributed by atoms with Crippen LogP contribution in [0.4, 0.5) is 5.69 Å². The Balaban J connectivity index is 1.79. The maximum Gasteiger partial charge on any atom is 0.251 e. The molecule has 0 aliphatic rings. The standard InChI is InChI=1S/C23H31N3O2/c1-5-24-16-17-7-6-8-20(15-17)26-21(27)13-14-25-22(28)18-9-11-19(12-10-18)23(2,3)4/h6-12,15,24H,5,13-14,16H2,1-4H3,(H,25,28)(H,26,27). The fraction of sp³-hybridized carbons (Fsp3) is 0.391. The molecule has 0 saturated carbocycles. The molecule has 150 valence electrons. The van der Waals surface area contributed by atoms with E-state index < -0.39 is 0 Å². The number of anilines is 1. The van der Waals surface area contributed by atoms with Gasteiger partial charge in [-0.2, -0.15) is 0 Å². The molecule has 5 nitrogen and oxygen atoms in total. The number of carbonyl (C=O) groups is 2. The number of nitrogens with one attached hydrogen (secondary N) is 3. The Morgan fingerprint density at radius 1 is 1.00 bits per heavy atom. The third-order valence-corrected chi connectivity index (χ3v) is 4.44. The highest BCUT2D eigenvalue weighted by molar-refractivity contribution is 5.95. The van der Waals surface area contributed by atoms with E-state index in [1.165, 1.54) is 5.56 Å². The van der Waals surface area contributed by atoms with Crippen LogP contribution < -0.4 is 16.0 Å². The lowest BCUT2D eigenvalue weighted by atomic mass is 9.87. The molecule has 2 rings (SSSR count). The van der Waals surface area contributed by atoms with Crippen molar-refractivity contribution in [2.75, 3.05) is 18.4 Å². The Morgan fingerprint density at radius 3 is 2.36 bits per heavy atom. The third-order valence-electron chi connectivity index (χ3n) is 4.44. The Labute approximate surface area is 167 Å². The minimum atomic E-state index is -0.166. The number of hydrogen-bond donors (Lipinski definition) is 3. The summed E-state index contributed by atoms with van der Waals surface area (Å²) in [4.78, 5) is 24.4. The monoisotopic (exact) mass is 381 g/mol. The van der Waals surface area contributed by atoms with Crippen LogP contribution in [0.15, 0.2) is 48.5 Å². The van der Waals surface area contributed by atoms with Crippen molar-refractivity contribution in [3.05, 3.63) is 65.2 Å². The first kappa shape index (κ1) is 21.6. The van der Waals surface area contributed by atoms with E-state index in [2.05, 4.69) is 43.6 Å². The summed E-state index contributed by atoms with van der Waals surface area (Å²) in [7, 11) is 0. The lowest BCUT2D eigenvalue weighted by molar-refractivity contribution is -0.116. The van der Waals surface area contributed by atoms with Crippen molar-refractivity contribution in [3.8, 4) is 0 Å². The number of benzene rings is 2. The maximum atomic E-state index is 12.2. The second-order valence-corrected chi connectivity index (χ2v) is 7.86. The lowest BCUT2D eigenvalue weighted by Crippen LogP contribution is -2.27. The molecule has 0 aromatic heterocycles. The molecule has 0 unspecified atom stereocenters. The van der Waals surface area contributed by atoms with E-state index in [1.54, 1.807) is 0 Å². The van der Waals surface area contributed by atoms with Gasteiger partial charge in [-0.3, -0.25) is 9.59 Å². The fourth-order valence-corrected chi connectivity index (χ4v) is 2.77. The van der Waals surface area contributed by atoms with Gasteiger partial charge in [0, 0.05) is 30.8 Å². The molecular formula is C23H31N3O2. The molecule has 2 amide bonds. The molecule has 3 N–H and O–H groups in total. The van der Waals surface area contributed by atoms with Crippen molar-refractivity contribution in [2.24, 2.45) is 0 Å². The summed E-state index contributed by atoms with van der Waals surface area (Å²) in [6.07, 6.45) is 0.225. The van der Waals surface area contributed by atoms with E-state index >= 15 is 0 Å². The molecule has 0 radical (unpaired) electrons. The van der Waals surface area contributed by atoms with Crippen molar-refractivity contribution >= 4 is 17.5 Å². The van der Waals surface area contributed by atoms with E-state index in [0.29, 0.717) is 12.1 Å². The van der Waals surface area contributed by atoms with E-state index in [4.69, 9.17) is 0 Å². The number of rotatable bonds is 8. The quantitative estimate of drug-likeness (QED) is 0.650. The van der Waals surface area contributed by atoms with Crippen LogP contribution in [0.2, 0.25) is 0 Å². The van der Waals surface area contributed by atoms with Gasteiger partial charge >= 0.3 is 0 Å². The highest BCUT2D eigenvalue weighted by Crippen LogP contribution is 2.22. The first-order valence-electron chi connectivity index (χ1n) is 9.78. The van der Waals surface area contributed by atoms with Crippen molar-refractivity contribution in [3.63, 3.8) is 0 Å². The second kappa shape index (κ2) is 10.0. The van der Waals surface area contributed by atoms with E-state index in [1.807, 2.05) is 48.5 Å².